The minimum Gasteiger partial charge on any atom is -0.329 e. The number of aromatic nitrogens is 5. The van der Waals surface area contributed by atoms with Crippen molar-refractivity contribution in [2.45, 2.75) is 44.6 Å². The van der Waals surface area contributed by atoms with Gasteiger partial charge in [0, 0.05) is 30.6 Å². The predicted octanol–water partition coefficient (Wildman–Crippen LogP) is 1.67. The topological polar surface area (TPSA) is 96.2 Å². The number of hydrogen-bond acceptors (Lipinski definition) is 5. The summed E-state index contributed by atoms with van der Waals surface area (Å²) in [5.41, 5.74) is 3.56. The van der Waals surface area contributed by atoms with E-state index in [1.165, 1.54) is 16.9 Å². The highest BCUT2D eigenvalue weighted by molar-refractivity contribution is 5.92. The first kappa shape index (κ1) is 16.2. The Bertz CT molecular complexity index is 1070. The number of likely N-dealkylation sites (tertiary alicyclic amines) is 1. The third kappa shape index (κ3) is 2.63. The molecular formula is C19H20N6O2. The molecule has 1 amide bonds. The van der Waals surface area contributed by atoms with E-state index in [1.807, 2.05) is 6.07 Å². The Balaban J connectivity index is 1.54. The van der Waals surface area contributed by atoms with Crippen LogP contribution in [0.2, 0.25) is 0 Å². The van der Waals surface area contributed by atoms with Gasteiger partial charge in [-0.1, -0.05) is 0 Å². The van der Waals surface area contributed by atoms with Gasteiger partial charge in [-0.05, 0) is 38.5 Å². The lowest BCUT2D eigenvalue weighted by molar-refractivity contribution is 0.0726. The van der Waals surface area contributed by atoms with Gasteiger partial charge in [0.25, 0.3) is 11.5 Å². The van der Waals surface area contributed by atoms with Crippen LogP contribution in [0, 0.1) is 0 Å². The van der Waals surface area contributed by atoms with E-state index in [2.05, 4.69) is 15.1 Å². The zero-order valence-corrected chi connectivity index (χ0v) is 14.9. The van der Waals surface area contributed by atoms with Gasteiger partial charge < -0.3 is 4.90 Å². The molecule has 138 valence electrons. The van der Waals surface area contributed by atoms with Crippen LogP contribution in [0.5, 0.6) is 0 Å². The number of aromatic amines is 1. The lowest BCUT2D eigenvalue weighted by Gasteiger charge is -2.23. The second kappa shape index (κ2) is 6.29. The number of nitrogens with one attached hydrogen (secondary N) is 1. The zero-order chi connectivity index (χ0) is 18.4. The van der Waals surface area contributed by atoms with Crippen molar-refractivity contribution >= 4 is 11.6 Å². The Morgan fingerprint density at radius 3 is 2.93 bits per heavy atom. The molecule has 8 heteroatoms. The van der Waals surface area contributed by atoms with E-state index in [-0.39, 0.29) is 17.5 Å². The van der Waals surface area contributed by atoms with Crippen LogP contribution < -0.4 is 5.56 Å². The number of carbonyl (C=O) groups excluding carboxylic acids is 1. The van der Waals surface area contributed by atoms with Gasteiger partial charge in [0.2, 0.25) is 0 Å². The van der Waals surface area contributed by atoms with Gasteiger partial charge in [0.1, 0.15) is 5.69 Å². The van der Waals surface area contributed by atoms with Crippen LogP contribution in [0.3, 0.4) is 0 Å². The number of nitrogens with zero attached hydrogens (tertiary/aromatic N) is 5. The van der Waals surface area contributed by atoms with Crippen molar-refractivity contribution in [1.29, 1.82) is 0 Å². The summed E-state index contributed by atoms with van der Waals surface area (Å²) in [6.45, 7) is 0.661. The maximum absolute atomic E-state index is 12.8. The molecule has 3 aromatic heterocycles. The third-order valence-corrected chi connectivity index (χ3v) is 5.56. The lowest BCUT2D eigenvalue weighted by Crippen LogP contribution is -2.31. The van der Waals surface area contributed by atoms with E-state index in [0.29, 0.717) is 17.9 Å². The summed E-state index contributed by atoms with van der Waals surface area (Å²) < 4.78 is 1.53. The highest BCUT2D eigenvalue weighted by Gasteiger charge is 2.33. The second-order valence-corrected chi connectivity index (χ2v) is 7.20. The summed E-state index contributed by atoms with van der Waals surface area (Å²) in [5, 5.41) is 3.20. The van der Waals surface area contributed by atoms with Crippen molar-refractivity contribution in [2.75, 3.05) is 6.54 Å². The summed E-state index contributed by atoms with van der Waals surface area (Å²) in [4.78, 5) is 40.3. The fourth-order valence-electron chi connectivity index (χ4n) is 4.24. The molecule has 4 heterocycles. The molecule has 0 aromatic carbocycles. The van der Waals surface area contributed by atoms with Gasteiger partial charge in [-0.2, -0.15) is 0 Å². The van der Waals surface area contributed by atoms with Crippen molar-refractivity contribution in [3.8, 4) is 0 Å². The summed E-state index contributed by atoms with van der Waals surface area (Å²) in [5.74, 6) is -0.135. The number of H-pyrrole nitrogens is 1. The van der Waals surface area contributed by atoms with Gasteiger partial charge in [0.05, 0.1) is 23.6 Å². The molecule has 2 aliphatic rings. The molecule has 0 radical (unpaired) electrons. The van der Waals surface area contributed by atoms with Gasteiger partial charge in [-0.25, -0.2) is 14.5 Å². The maximum atomic E-state index is 12.8. The van der Waals surface area contributed by atoms with E-state index in [0.717, 1.165) is 55.5 Å². The first-order chi connectivity index (χ1) is 13.2. The normalized spacial score (nSPS) is 19.4. The Hall–Kier alpha value is -3.03. The second-order valence-electron chi connectivity index (χ2n) is 7.20. The third-order valence-electron chi connectivity index (χ3n) is 5.56. The molecule has 1 atom stereocenters. The highest BCUT2D eigenvalue weighted by atomic mass is 16.2. The minimum atomic E-state index is -0.135. The largest absolute Gasteiger partial charge is 0.329 e. The van der Waals surface area contributed by atoms with E-state index in [4.69, 9.17) is 4.98 Å². The molecule has 1 saturated heterocycles. The standard InChI is InChI=1S/C19H20N6O2/c26-18-12-4-1-2-5-13(12)22-17-10-14(23-25(17)18)16-6-3-9-24(16)19(27)15-11-20-7-8-21-15/h7-8,10-11,16,23H,1-6,9H2/t16-/m0/s1. The lowest BCUT2D eigenvalue weighted by atomic mass is 9.97. The molecule has 1 aliphatic carbocycles. The highest BCUT2D eigenvalue weighted by Crippen LogP contribution is 2.32. The van der Waals surface area contributed by atoms with E-state index in [9.17, 15) is 9.59 Å². The molecule has 1 N–H and O–H groups in total. The average Bonchev–Trinajstić information content (AvgIpc) is 3.35. The zero-order valence-electron chi connectivity index (χ0n) is 14.9. The molecule has 1 aliphatic heterocycles. The summed E-state index contributed by atoms with van der Waals surface area (Å²) in [6, 6.07) is 1.79. The van der Waals surface area contributed by atoms with E-state index in [1.54, 1.807) is 11.1 Å². The van der Waals surface area contributed by atoms with Crippen LogP contribution >= 0.6 is 0 Å². The molecule has 5 rings (SSSR count). The van der Waals surface area contributed by atoms with Gasteiger partial charge in [0.15, 0.2) is 5.65 Å². The molecule has 0 spiro atoms. The Morgan fingerprint density at radius 1 is 1.19 bits per heavy atom. The van der Waals surface area contributed by atoms with Gasteiger partial charge in [-0.3, -0.25) is 19.7 Å². The molecule has 0 saturated carbocycles. The maximum Gasteiger partial charge on any atom is 0.276 e. The number of fused-ring (bicyclic) bond motifs is 2. The fraction of sp³-hybridized carbons (Fsp3) is 0.421. The first-order valence-electron chi connectivity index (χ1n) is 9.43. The Labute approximate surface area is 155 Å². The number of aryl methyl sites for hydroxylation is 1. The molecular weight excluding hydrogens is 344 g/mol. The van der Waals surface area contributed by atoms with Crippen LogP contribution in [0.25, 0.3) is 5.65 Å². The summed E-state index contributed by atoms with van der Waals surface area (Å²) in [6.07, 6.45) is 10.1. The van der Waals surface area contributed by atoms with E-state index >= 15 is 0 Å². The monoisotopic (exact) mass is 364 g/mol. The summed E-state index contributed by atoms with van der Waals surface area (Å²) in [7, 11) is 0. The number of carbonyl (C=O) groups is 1. The molecule has 1 fully saturated rings. The molecule has 8 nitrogen and oxygen atoms in total. The molecule has 0 bridgehead atoms. The van der Waals surface area contributed by atoms with Crippen LogP contribution in [-0.2, 0) is 12.8 Å². The smallest absolute Gasteiger partial charge is 0.276 e. The average molecular weight is 364 g/mol. The fourth-order valence-corrected chi connectivity index (χ4v) is 4.24. The quantitative estimate of drug-likeness (QED) is 0.746. The Morgan fingerprint density at radius 2 is 2.07 bits per heavy atom. The predicted molar refractivity (Wildman–Crippen MR) is 97.5 cm³/mol. The van der Waals surface area contributed by atoms with Crippen molar-refractivity contribution in [3.63, 3.8) is 0 Å². The molecule has 0 unspecified atom stereocenters. The van der Waals surface area contributed by atoms with Crippen molar-refractivity contribution in [3.05, 3.63) is 57.7 Å². The van der Waals surface area contributed by atoms with Crippen LogP contribution in [0.15, 0.2) is 29.5 Å². The number of rotatable bonds is 2. The van der Waals surface area contributed by atoms with Crippen molar-refractivity contribution in [1.82, 2.24) is 29.5 Å². The van der Waals surface area contributed by atoms with Crippen molar-refractivity contribution < 1.29 is 4.79 Å². The molecule has 27 heavy (non-hydrogen) atoms. The number of amides is 1. The van der Waals surface area contributed by atoms with Crippen LogP contribution in [0.4, 0.5) is 0 Å². The summed E-state index contributed by atoms with van der Waals surface area (Å²) >= 11 is 0. The minimum absolute atomic E-state index is 0.00857. The Kier molecular flexibility index (Phi) is 3.77. The van der Waals surface area contributed by atoms with E-state index < -0.39 is 0 Å². The molecule has 3 aromatic rings. The van der Waals surface area contributed by atoms with Gasteiger partial charge >= 0.3 is 0 Å². The van der Waals surface area contributed by atoms with Crippen LogP contribution in [-0.4, -0.2) is 41.9 Å². The van der Waals surface area contributed by atoms with Crippen LogP contribution in [0.1, 0.15) is 59.2 Å². The van der Waals surface area contributed by atoms with Gasteiger partial charge in [-0.15, -0.1) is 0 Å². The SMILES string of the molecule is O=C(c1cnccn1)N1CCC[C@H]1c1cc2nc3c(c(=O)n2[nH]1)CCCC3. The number of hydrogen-bond donors (Lipinski definition) is 1. The first-order valence-corrected chi connectivity index (χ1v) is 9.43. The van der Waals surface area contributed by atoms with Crippen molar-refractivity contribution in [2.24, 2.45) is 0 Å².